The SMILES string of the molecule is C=C(CC(O)c1ccc(OC)cc1)c1ccc(C)cc1. The lowest BCUT2D eigenvalue weighted by Crippen LogP contribution is -1.99. The van der Waals surface area contributed by atoms with Crippen molar-refractivity contribution in [2.24, 2.45) is 0 Å². The van der Waals surface area contributed by atoms with Crippen LogP contribution in [0.15, 0.2) is 55.1 Å². The Kier molecular flexibility index (Phi) is 4.59. The number of aliphatic hydroxyl groups excluding tert-OH is 1. The van der Waals surface area contributed by atoms with E-state index >= 15 is 0 Å². The predicted octanol–water partition coefficient (Wildman–Crippen LogP) is 4.14. The summed E-state index contributed by atoms with van der Waals surface area (Å²) in [6.07, 6.45) is -0.0234. The maximum absolute atomic E-state index is 10.3. The molecule has 1 atom stereocenters. The molecule has 2 nitrogen and oxygen atoms in total. The van der Waals surface area contributed by atoms with Crippen LogP contribution < -0.4 is 4.74 Å². The Hall–Kier alpha value is -2.06. The lowest BCUT2D eigenvalue weighted by molar-refractivity contribution is 0.184. The van der Waals surface area contributed by atoms with Gasteiger partial charge in [-0.3, -0.25) is 0 Å². The first-order chi connectivity index (χ1) is 9.60. The molecule has 2 heteroatoms. The molecule has 0 bridgehead atoms. The molecule has 0 radical (unpaired) electrons. The fourth-order valence-corrected chi connectivity index (χ4v) is 2.08. The van der Waals surface area contributed by atoms with E-state index in [-0.39, 0.29) is 0 Å². The fraction of sp³-hybridized carbons (Fsp3) is 0.222. The van der Waals surface area contributed by atoms with Gasteiger partial charge in [-0.05, 0) is 35.8 Å². The van der Waals surface area contributed by atoms with E-state index in [4.69, 9.17) is 4.74 Å². The van der Waals surface area contributed by atoms with Gasteiger partial charge in [0.2, 0.25) is 0 Å². The second-order valence-corrected chi connectivity index (χ2v) is 4.96. The first-order valence-corrected chi connectivity index (χ1v) is 6.67. The number of hydrogen-bond acceptors (Lipinski definition) is 2. The van der Waals surface area contributed by atoms with E-state index in [1.54, 1.807) is 7.11 Å². The highest BCUT2D eigenvalue weighted by atomic mass is 16.5. The van der Waals surface area contributed by atoms with Gasteiger partial charge in [0.1, 0.15) is 5.75 Å². The summed E-state index contributed by atoms with van der Waals surface area (Å²) in [5.74, 6) is 0.790. The summed E-state index contributed by atoms with van der Waals surface area (Å²) in [7, 11) is 1.63. The van der Waals surface area contributed by atoms with Crippen LogP contribution in [0.2, 0.25) is 0 Å². The van der Waals surface area contributed by atoms with Crippen LogP contribution in [-0.2, 0) is 0 Å². The van der Waals surface area contributed by atoms with Gasteiger partial charge in [-0.25, -0.2) is 0 Å². The van der Waals surface area contributed by atoms with Crippen molar-refractivity contribution in [2.45, 2.75) is 19.4 Å². The van der Waals surface area contributed by atoms with Crippen molar-refractivity contribution in [2.75, 3.05) is 7.11 Å². The van der Waals surface area contributed by atoms with Gasteiger partial charge in [0.05, 0.1) is 13.2 Å². The van der Waals surface area contributed by atoms with Crippen LogP contribution in [0.3, 0.4) is 0 Å². The van der Waals surface area contributed by atoms with Crippen molar-refractivity contribution in [3.05, 3.63) is 71.8 Å². The first-order valence-electron chi connectivity index (χ1n) is 6.67. The topological polar surface area (TPSA) is 29.5 Å². The number of methoxy groups -OCH3 is 1. The van der Waals surface area contributed by atoms with Gasteiger partial charge in [0, 0.05) is 6.42 Å². The van der Waals surface area contributed by atoms with E-state index in [9.17, 15) is 5.11 Å². The van der Waals surface area contributed by atoms with E-state index in [0.29, 0.717) is 6.42 Å². The number of hydrogen-bond donors (Lipinski definition) is 1. The minimum absolute atomic E-state index is 0.523. The van der Waals surface area contributed by atoms with Crippen molar-refractivity contribution in [3.8, 4) is 5.75 Å². The molecular formula is C18H20O2. The average molecular weight is 268 g/mol. The molecule has 1 unspecified atom stereocenters. The predicted molar refractivity (Wildman–Crippen MR) is 82.8 cm³/mol. The lowest BCUT2D eigenvalue weighted by Gasteiger charge is -2.14. The molecule has 0 fully saturated rings. The lowest BCUT2D eigenvalue weighted by atomic mass is 9.97. The molecule has 0 aliphatic carbocycles. The van der Waals surface area contributed by atoms with Crippen molar-refractivity contribution in [1.29, 1.82) is 0 Å². The number of ether oxygens (including phenoxy) is 1. The normalized spacial score (nSPS) is 11.9. The van der Waals surface area contributed by atoms with Crippen LogP contribution >= 0.6 is 0 Å². The maximum atomic E-state index is 10.3. The number of aliphatic hydroxyl groups is 1. The molecule has 20 heavy (non-hydrogen) atoms. The molecule has 2 rings (SSSR count). The minimum Gasteiger partial charge on any atom is -0.497 e. The molecule has 2 aromatic rings. The summed E-state index contributed by atoms with van der Waals surface area (Å²) >= 11 is 0. The van der Waals surface area contributed by atoms with Gasteiger partial charge in [-0.2, -0.15) is 0 Å². The third-order valence-electron chi connectivity index (χ3n) is 3.40. The Labute approximate surface area is 120 Å². The highest BCUT2D eigenvalue weighted by Gasteiger charge is 2.10. The molecule has 1 N–H and O–H groups in total. The highest BCUT2D eigenvalue weighted by molar-refractivity contribution is 5.64. The molecule has 0 saturated heterocycles. The van der Waals surface area contributed by atoms with Gasteiger partial charge >= 0.3 is 0 Å². The monoisotopic (exact) mass is 268 g/mol. The van der Waals surface area contributed by atoms with E-state index in [0.717, 1.165) is 22.4 Å². The smallest absolute Gasteiger partial charge is 0.118 e. The second-order valence-electron chi connectivity index (χ2n) is 4.96. The van der Waals surface area contributed by atoms with Crippen LogP contribution in [0, 0.1) is 6.92 Å². The molecule has 0 aliphatic rings. The number of rotatable bonds is 5. The molecule has 2 aromatic carbocycles. The summed E-state index contributed by atoms with van der Waals surface area (Å²) < 4.78 is 5.11. The van der Waals surface area contributed by atoms with Gasteiger partial charge in [-0.15, -0.1) is 0 Å². The second kappa shape index (κ2) is 6.40. The van der Waals surface area contributed by atoms with Crippen LogP contribution in [0.25, 0.3) is 5.57 Å². The van der Waals surface area contributed by atoms with Gasteiger partial charge in [0.15, 0.2) is 0 Å². The molecule has 0 aromatic heterocycles. The minimum atomic E-state index is -0.547. The van der Waals surface area contributed by atoms with Crippen LogP contribution in [0.4, 0.5) is 0 Å². The molecule has 0 amide bonds. The Morgan fingerprint density at radius 1 is 1.10 bits per heavy atom. The molecule has 0 aliphatic heterocycles. The van der Waals surface area contributed by atoms with Crippen LogP contribution in [0.1, 0.15) is 29.2 Å². The molecule has 0 saturated carbocycles. The zero-order chi connectivity index (χ0) is 14.5. The maximum Gasteiger partial charge on any atom is 0.118 e. The molecule has 0 heterocycles. The summed E-state index contributed by atoms with van der Waals surface area (Å²) in [6.45, 7) is 6.12. The summed E-state index contributed by atoms with van der Waals surface area (Å²) in [5.41, 5.74) is 4.10. The number of aryl methyl sites for hydroxylation is 1. The molecule has 104 valence electrons. The Bertz CT molecular complexity index is 567. The van der Waals surface area contributed by atoms with Gasteiger partial charge < -0.3 is 9.84 Å². The average Bonchev–Trinajstić information content (AvgIpc) is 2.48. The Morgan fingerprint density at radius 3 is 2.25 bits per heavy atom. The molecular weight excluding hydrogens is 248 g/mol. The number of benzene rings is 2. The van der Waals surface area contributed by atoms with Crippen molar-refractivity contribution in [3.63, 3.8) is 0 Å². The summed E-state index contributed by atoms with van der Waals surface area (Å²) in [5, 5.41) is 10.3. The van der Waals surface area contributed by atoms with E-state index < -0.39 is 6.10 Å². The highest BCUT2D eigenvalue weighted by Crippen LogP contribution is 2.27. The quantitative estimate of drug-likeness (QED) is 0.883. The van der Waals surface area contributed by atoms with Crippen molar-refractivity contribution >= 4 is 5.57 Å². The standard InChI is InChI=1S/C18H20O2/c1-13-4-6-15(7-5-13)14(2)12-18(19)16-8-10-17(20-3)11-9-16/h4-11,18-19H,2,12H2,1,3H3. The first kappa shape index (κ1) is 14.4. The van der Waals surface area contributed by atoms with Crippen LogP contribution in [-0.4, -0.2) is 12.2 Å². The Morgan fingerprint density at radius 2 is 1.70 bits per heavy atom. The zero-order valence-electron chi connectivity index (χ0n) is 12.0. The van der Waals surface area contributed by atoms with Gasteiger partial charge in [0.25, 0.3) is 0 Å². The fourth-order valence-electron chi connectivity index (χ4n) is 2.08. The largest absolute Gasteiger partial charge is 0.497 e. The van der Waals surface area contributed by atoms with Crippen molar-refractivity contribution < 1.29 is 9.84 Å². The van der Waals surface area contributed by atoms with E-state index in [1.165, 1.54) is 5.56 Å². The third-order valence-corrected chi connectivity index (χ3v) is 3.40. The van der Waals surface area contributed by atoms with Crippen molar-refractivity contribution in [1.82, 2.24) is 0 Å². The third kappa shape index (κ3) is 3.49. The van der Waals surface area contributed by atoms with E-state index in [2.05, 4.69) is 25.6 Å². The summed E-state index contributed by atoms with van der Waals surface area (Å²) in [6, 6.07) is 15.7. The summed E-state index contributed by atoms with van der Waals surface area (Å²) in [4.78, 5) is 0. The molecule has 0 spiro atoms. The van der Waals surface area contributed by atoms with E-state index in [1.807, 2.05) is 36.4 Å². The Balaban J connectivity index is 2.04. The zero-order valence-corrected chi connectivity index (χ0v) is 12.0. The van der Waals surface area contributed by atoms with Crippen LogP contribution in [0.5, 0.6) is 5.75 Å². The van der Waals surface area contributed by atoms with Gasteiger partial charge in [-0.1, -0.05) is 48.5 Å².